The quantitative estimate of drug-likeness (QED) is 0.802. The summed E-state index contributed by atoms with van der Waals surface area (Å²) in [5.41, 5.74) is 3.55. The topological polar surface area (TPSA) is 61.4 Å². The standard InChI is InChI=1S/C17H19ClN2O2/c1-11-5-3-8-15(12(11)2)20-17(22)19-10-16(21)13-6-4-7-14(18)9-13/h3-9,16,21H,10H2,1-2H3,(H2,19,20,22)/t16-/m0/s1. The molecule has 5 heteroatoms. The number of halogens is 1. The van der Waals surface area contributed by atoms with Crippen LogP contribution in [0.3, 0.4) is 0 Å². The van der Waals surface area contributed by atoms with Crippen molar-refractivity contribution in [3.05, 3.63) is 64.2 Å². The number of amides is 2. The van der Waals surface area contributed by atoms with Crippen molar-refractivity contribution in [2.45, 2.75) is 20.0 Å². The molecule has 0 radical (unpaired) electrons. The van der Waals surface area contributed by atoms with E-state index in [0.29, 0.717) is 10.6 Å². The van der Waals surface area contributed by atoms with Crippen molar-refractivity contribution < 1.29 is 9.90 Å². The summed E-state index contributed by atoms with van der Waals surface area (Å²) in [5, 5.41) is 16.0. The molecule has 22 heavy (non-hydrogen) atoms. The van der Waals surface area contributed by atoms with Crippen molar-refractivity contribution in [1.29, 1.82) is 0 Å². The van der Waals surface area contributed by atoms with Crippen molar-refractivity contribution in [1.82, 2.24) is 5.32 Å². The highest BCUT2D eigenvalue weighted by molar-refractivity contribution is 6.30. The molecule has 0 saturated heterocycles. The first-order valence-electron chi connectivity index (χ1n) is 7.02. The van der Waals surface area contributed by atoms with Crippen LogP contribution >= 0.6 is 11.6 Å². The van der Waals surface area contributed by atoms with Crippen LogP contribution in [0.1, 0.15) is 22.8 Å². The number of hydrogen-bond donors (Lipinski definition) is 3. The highest BCUT2D eigenvalue weighted by Crippen LogP contribution is 2.19. The molecule has 0 unspecified atom stereocenters. The molecule has 2 aromatic carbocycles. The molecule has 116 valence electrons. The number of nitrogens with one attached hydrogen (secondary N) is 2. The second-order valence-corrected chi connectivity index (χ2v) is 5.59. The summed E-state index contributed by atoms with van der Waals surface area (Å²) in [6.07, 6.45) is -0.803. The second kappa shape index (κ2) is 7.29. The molecule has 0 heterocycles. The fourth-order valence-corrected chi connectivity index (χ4v) is 2.27. The first-order valence-corrected chi connectivity index (χ1v) is 7.40. The fraction of sp³-hybridized carbons (Fsp3) is 0.235. The maximum Gasteiger partial charge on any atom is 0.319 e. The van der Waals surface area contributed by atoms with E-state index < -0.39 is 6.10 Å². The van der Waals surface area contributed by atoms with Crippen LogP contribution in [0.4, 0.5) is 10.5 Å². The Labute approximate surface area is 135 Å². The zero-order valence-corrected chi connectivity index (χ0v) is 13.3. The van der Waals surface area contributed by atoms with Crippen molar-refractivity contribution in [2.24, 2.45) is 0 Å². The zero-order chi connectivity index (χ0) is 16.1. The van der Waals surface area contributed by atoms with E-state index in [1.54, 1.807) is 24.3 Å². The molecule has 0 fully saturated rings. The highest BCUT2D eigenvalue weighted by atomic mass is 35.5. The Morgan fingerprint density at radius 2 is 1.95 bits per heavy atom. The van der Waals surface area contributed by atoms with Gasteiger partial charge in [0, 0.05) is 17.3 Å². The summed E-state index contributed by atoms with van der Waals surface area (Å²) in [4.78, 5) is 11.9. The number of aliphatic hydroxyl groups excluding tert-OH is 1. The number of aryl methyl sites for hydroxylation is 1. The summed E-state index contributed by atoms with van der Waals surface area (Å²) in [7, 11) is 0. The first-order chi connectivity index (χ1) is 10.5. The van der Waals surface area contributed by atoms with Gasteiger partial charge in [-0.15, -0.1) is 0 Å². The van der Waals surface area contributed by atoms with Crippen LogP contribution in [0.15, 0.2) is 42.5 Å². The minimum absolute atomic E-state index is 0.108. The van der Waals surface area contributed by atoms with E-state index in [0.717, 1.165) is 16.8 Å². The van der Waals surface area contributed by atoms with E-state index in [1.807, 2.05) is 32.0 Å². The smallest absolute Gasteiger partial charge is 0.319 e. The lowest BCUT2D eigenvalue weighted by atomic mass is 10.1. The number of urea groups is 1. The average molecular weight is 319 g/mol. The van der Waals surface area contributed by atoms with Gasteiger partial charge >= 0.3 is 6.03 Å². The number of hydrogen-bond acceptors (Lipinski definition) is 2. The minimum Gasteiger partial charge on any atom is -0.387 e. The Hall–Kier alpha value is -2.04. The van der Waals surface area contributed by atoms with E-state index in [1.165, 1.54) is 0 Å². The van der Waals surface area contributed by atoms with Crippen molar-refractivity contribution >= 4 is 23.3 Å². The molecule has 0 bridgehead atoms. The van der Waals surface area contributed by atoms with Gasteiger partial charge < -0.3 is 15.7 Å². The van der Waals surface area contributed by atoms with Crippen LogP contribution in [-0.2, 0) is 0 Å². The predicted octanol–water partition coefficient (Wildman–Crippen LogP) is 3.81. The van der Waals surface area contributed by atoms with Crippen molar-refractivity contribution in [3.8, 4) is 0 Å². The van der Waals surface area contributed by atoms with Crippen LogP contribution in [0.2, 0.25) is 5.02 Å². The van der Waals surface area contributed by atoms with Gasteiger partial charge in [-0.1, -0.05) is 35.9 Å². The Bertz CT molecular complexity index is 673. The Morgan fingerprint density at radius 1 is 1.23 bits per heavy atom. The third-order valence-electron chi connectivity index (χ3n) is 3.54. The number of rotatable bonds is 4. The molecule has 3 N–H and O–H groups in total. The van der Waals surface area contributed by atoms with Crippen LogP contribution < -0.4 is 10.6 Å². The maximum absolute atomic E-state index is 11.9. The second-order valence-electron chi connectivity index (χ2n) is 5.15. The molecule has 2 aromatic rings. The monoisotopic (exact) mass is 318 g/mol. The molecule has 0 aromatic heterocycles. The maximum atomic E-state index is 11.9. The molecule has 2 amide bonds. The molecule has 1 atom stereocenters. The minimum atomic E-state index is -0.803. The summed E-state index contributed by atoms with van der Waals surface area (Å²) < 4.78 is 0. The van der Waals surface area contributed by atoms with Gasteiger partial charge in [0.1, 0.15) is 0 Å². The van der Waals surface area contributed by atoms with Crippen molar-refractivity contribution in [3.63, 3.8) is 0 Å². The molecular weight excluding hydrogens is 300 g/mol. The summed E-state index contributed by atoms with van der Waals surface area (Å²) in [6, 6.07) is 12.3. The van der Waals surface area contributed by atoms with Gasteiger partial charge in [-0.2, -0.15) is 0 Å². The SMILES string of the molecule is Cc1cccc(NC(=O)NC[C@H](O)c2cccc(Cl)c2)c1C. The molecule has 0 saturated carbocycles. The third-order valence-corrected chi connectivity index (χ3v) is 3.78. The lowest BCUT2D eigenvalue weighted by Crippen LogP contribution is -2.32. The van der Waals surface area contributed by atoms with Crippen molar-refractivity contribution in [2.75, 3.05) is 11.9 Å². The van der Waals surface area contributed by atoms with E-state index in [2.05, 4.69) is 10.6 Å². The Kier molecular flexibility index (Phi) is 5.41. The highest BCUT2D eigenvalue weighted by Gasteiger charge is 2.11. The van der Waals surface area contributed by atoms with Gasteiger partial charge in [0.05, 0.1) is 6.10 Å². The Morgan fingerprint density at radius 3 is 2.68 bits per heavy atom. The van der Waals surface area contributed by atoms with E-state index in [9.17, 15) is 9.90 Å². The van der Waals surface area contributed by atoms with Gasteiger partial charge in [-0.05, 0) is 48.7 Å². The number of aliphatic hydroxyl groups is 1. The normalized spacial score (nSPS) is 11.8. The lowest BCUT2D eigenvalue weighted by Gasteiger charge is -2.14. The molecule has 0 aliphatic rings. The van der Waals surface area contributed by atoms with E-state index in [-0.39, 0.29) is 12.6 Å². The number of benzene rings is 2. The van der Waals surface area contributed by atoms with Gasteiger partial charge in [0.25, 0.3) is 0 Å². The van der Waals surface area contributed by atoms with E-state index >= 15 is 0 Å². The summed E-state index contributed by atoms with van der Waals surface area (Å²) in [5.74, 6) is 0. The fourth-order valence-electron chi connectivity index (χ4n) is 2.07. The predicted molar refractivity (Wildman–Crippen MR) is 89.3 cm³/mol. The van der Waals surface area contributed by atoms with Crippen LogP contribution in [-0.4, -0.2) is 17.7 Å². The number of carbonyl (C=O) groups is 1. The van der Waals surface area contributed by atoms with Gasteiger partial charge in [-0.3, -0.25) is 0 Å². The number of anilines is 1. The van der Waals surface area contributed by atoms with Crippen LogP contribution in [0, 0.1) is 13.8 Å². The van der Waals surface area contributed by atoms with Crippen LogP contribution in [0.5, 0.6) is 0 Å². The molecule has 2 rings (SSSR count). The van der Waals surface area contributed by atoms with E-state index in [4.69, 9.17) is 11.6 Å². The summed E-state index contributed by atoms with van der Waals surface area (Å²) in [6.45, 7) is 4.05. The number of carbonyl (C=O) groups excluding carboxylic acids is 1. The molecule has 4 nitrogen and oxygen atoms in total. The average Bonchev–Trinajstić information content (AvgIpc) is 2.49. The lowest BCUT2D eigenvalue weighted by molar-refractivity contribution is 0.175. The van der Waals surface area contributed by atoms with Gasteiger partial charge in [0.15, 0.2) is 0 Å². The van der Waals surface area contributed by atoms with Gasteiger partial charge in [0.2, 0.25) is 0 Å². The van der Waals surface area contributed by atoms with Gasteiger partial charge in [-0.25, -0.2) is 4.79 Å². The largest absolute Gasteiger partial charge is 0.387 e. The first kappa shape index (κ1) is 16.3. The molecular formula is C17H19ClN2O2. The molecule has 0 aliphatic heterocycles. The third kappa shape index (κ3) is 4.23. The van der Waals surface area contributed by atoms with Crippen LogP contribution in [0.25, 0.3) is 0 Å². The zero-order valence-electron chi connectivity index (χ0n) is 12.6. The molecule has 0 spiro atoms. The molecule has 0 aliphatic carbocycles. The Balaban J connectivity index is 1.91. The summed E-state index contributed by atoms with van der Waals surface area (Å²) >= 11 is 5.88.